The molecule has 1 aromatic carbocycles. The van der Waals surface area contributed by atoms with Gasteiger partial charge in [0.05, 0.1) is 12.6 Å². The molecule has 0 bridgehead atoms. The third-order valence-corrected chi connectivity index (χ3v) is 4.29. The van der Waals surface area contributed by atoms with Crippen molar-refractivity contribution in [3.63, 3.8) is 0 Å². The van der Waals surface area contributed by atoms with Crippen LogP contribution in [0.5, 0.6) is 0 Å². The summed E-state index contributed by atoms with van der Waals surface area (Å²) >= 11 is 0. The Morgan fingerprint density at radius 2 is 1.92 bits per heavy atom. The van der Waals surface area contributed by atoms with Gasteiger partial charge in [-0.2, -0.15) is 13.2 Å². The van der Waals surface area contributed by atoms with E-state index in [1.807, 2.05) is 13.1 Å². The monoisotopic (exact) mass is 359 g/mol. The highest BCUT2D eigenvalue weighted by molar-refractivity contribution is 5.98. The van der Waals surface area contributed by atoms with Gasteiger partial charge in [-0.3, -0.25) is 9.69 Å². The molecule has 2 rings (SSSR count). The Hall–Kier alpha value is -1.80. The highest BCUT2D eigenvalue weighted by atomic mass is 19.4. The van der Waals surface area contributed by atoms with E-state index in [2.05, 4.69) is 9.80 Å². The predicted molar refractivity (Wildman–Crippen MR) is 91.0 cm³/mol. The van der Waals surface area contributed by atoms with Gasteiger partial charge in [0, 0.05) is 44.7 Å². The zero-order valence-corrected chi connectivity index (χ0v) is 14.7. The van der Waals surface area contributed by atoms with Crippen LogP contribution in [0, 0.1) is 0 Å². The fourth-order valence-corrected chi connectivity index (χ4v) is 2.93. The average molecular weight is 359 g/mol. The number of piperazine rings is 1. The SMILES string of the molecule is COC[C@@H](C)N(C(=O)C(F)(F)F)c1cccc(N2CCN(C)CC2)c1. The zero-order valence-electron chi connectivity index (χ0n) is 14.7. The van der Waals surface area contributed by atoms with Gasteiger partial charge in [-0.1, -0.05) is 6.07 Å². The molecule has 0 aromatic heterocycles. The number of likely N-dealkylation sites (N-methyl/N-ethyl adjacent to an activating group) is 1. The molecule has 1 saturated heterocycles. The molecule has 1 aromatic rings. The molecule has 1 atom stereocenters. The van der Waals surface area contributed by atoms with Crippen LogP contribution in [0.1, 0.15) is 6.92 Å². The van der Waals surface area contributed by atoms with Crippen molar-refractivity contribution in [2.75, 3.05) is 56.7 Å². The van der Waals surface area contributed by atoms with Crippen molar-refractivity contribution in [3.8, 4) is 0 Å². The summed E-state index contributed by atoms with van der Waals surface area (Å²) in [6, 6.07) is 5.96. The van der Waals surface area contributed by atoms with Crippen LogP contribution in [-0.2, 0) is 9.53 Å². The molecule has 1 fully saturated rings. The lowest BCUT2D eigenvalue weighted by Crippen LogP contribution is -2.48. The molecule has 8 heteroatoms. The van der Waals surface area contributed by atoms with Gasteiger partial charge in [0.25, 0.3) is 0 Å². The average Bonchev–Trinajstić information content (AvgIpc) is 2.55. The standard InChI is InChI=1S/C17H24F3N3O2/c1-13(12-25-3)23(16(24)17(18,19)20)15-6-4-5-14(11-15)22-9-7-21(2)8-10-22/h4-6,11,13H,7-10,12H2,1-3H3/t13-/m1/s1. The Labute approximate surface area is 145 Å². The zero-order chi connectivity index (χ0) is 18.6. The van der Waals surface area contributed by atoms with Crippen LogP contribution in [0.2, 0.25) is 0 Å². The smallest absolute Gasteiger partial charge is 0.383 e. The first-order chi connectivity index (χ1) is 11.7. The van der Waals surface area contributed by atoms with Crippen molar-refractivity contribution < 1.29 is 22.7 Å². The number of rotatable bonds is 5. The Morgan fingerprint density at radius 3 is 2.48 bits per heavy atom. The normalized spacial score (nSPS) is 17.4. The van der Waals surface area contributed by atoms with Gasteiger partial charge in [-0.05, 0) is 32.2 Å². The summed E-state index contributed by atoms with van der Waals surface area (Å²) in [7, 11) is 3.43. The molecule has 0 spiro atoms. The highest BCUT2D eigenvalue weighted by Gasteiger charge is 2.44. The number of methoxy groups -OCH3 is 1. The molecule has 0 unspecified atom stereocenters. The van der Waals surface area contributed by atoms with Crippen LogP contribution in [0.3, 0.4) is 0 Å². The number of anilines is 2. The summed E-state index contributed by atoms with van der Waals surface area (Å²) in [5.74, 6) is -1.88. The summed E-state index contributed by atoms with van der Waals surface area (Å²) in [5.41, 5.74) is 1.04. The molecule has 0 radical (unpaired) electrons. The Morgan fingerprint density at radius 1 is 1.28 bits per heavy atom. The maximum absolute atomic E-state index is 13.0. The third kappa shape index (κ3) is 4.85. The number of carbonyl (C=O) groups excluding carboxylic acids is 1. The van der Waals surface area contributed by atoms with E-state index in [1.54, 1.807) is 12.1 Å². The summed E-state index contributed by atoms with van der Waals surface area (Å²) < 4.78 is 44.1. The first kappa shape index (κ1) is 19.5. The fourth-order valence-electron chi connectivity index (χ4n) is 2.93. The van der Waals surface area contributed by atoms with Crippen molar-refractivity contribution in [1.29, 1.82) is 0 Å². The first-order valence-electron chi connectivity index (χ1n) is 8.17. The minimum absolute atomic E-state index is 0.0144. The van der Waals surface area contributed by atoms with Crippen LogP contribution in [0.15, 0.2) is 24.3 Å². The second-order valence-corrected chi connectivity index (χ2v) is 6.29. The number of amides is 1. The molecular formula is C17H24F3N3O2. The van der Waals surface area contributed by atoms with Gasteiger partial charge in [0.1, 0.15) is 0 Å². The second-order valence-electron chi connectivity index (χ2n) is 6.29. The molecular weight excluding hydrogens is 335 g/mol. The number of hydrogen-bond acceptors (Lipinski definition) is 4. The van der Waals surface area contributed by atoms with E-state index >= 15 is 0 Å². The van der Waals surface area contributed by atoms with Gasteiger partial charge >= 0.3 is 12.1 Å². The summed E-state index contributed by atoms with van der Waals surface area (Å²) in [6.45, 7) is 4.91. The second kappa shape index (κ2) is 8.05. The highest BCUT2D eigenvalue weighted by Crippen LogP contribution is 2.29. The number of hydrogen-bond donors (Lipinski definition) is 0. The number of carbonyl (C=O) groups is 1. The quantitative estimate of drug-likeness (QED) is 0.809. The van der Waals surface area contributed by atoms with Gasteiger partial charge in [-0.25, -0.2) is 0 Å². The van der Waals surface area contributed by atoms with Gasteiger partial charge in [0.2, 0.25) is 0 Å². The van der Waals surface area contributed by atoms with Crippen molar-refractivity contribution in [1.82, 2.24) is 4.90 Å². The lowest BCUT2D eigenvalue weighted by Gasteiger charge is -2.35. The number of benzene rings is 1. The van der Waals surface area contributed by atoms with Crippen molar-refractivity contribution in [2.45, 2.75) is 19.1 Å². The van der Waals surface area contributed by atoms with Crippen LogP contribution in [0.4, 0.5) is 24.5 Å². The summed E-state index contributed by atoms with van der Waals surface area (Å²) in [6.07, 6.45) is -4.94. The van der Waals surface area contributed by atoms with E-state index in [4.69, 9.17) is 4.74 Å². The van der Waals surface area contributed by atoms with Crippen molar-refractivity contribution in [2.24, 2.45) is 0 Å². The lowest BCUT2D eigenvalue weighted by molar-refractivity contribution is -0.171. The molecule has 1 aliphatic rings. The molecule has 0 saturated carbocycles. The van der Waals surface area contributed by atoms with E-state index in [0.29, 0.717) is 0 Å². The molecule has 0 aliphatic carbocycles. The van der Waals surface area contributed by atoms with E-state index in [1.165, 1.54) is 20.1 Å². The van der Waals surface area contributed by atoms with Crippen molar-refractivity contribution >= 4 is 17.3 Å². The molecule has 5 nitrogen and oxygen atoms in total. The predicted octanol–water partition coefficient (Wildman–Crippen LogP) is 2.37. The number of halogens is 3. The maximum atomic E-state index is 13.0. The molecule has 140 valence electrons. The van der Waals surface area contributed by atoms with E-state index < -0.39 is 18.1 Å². The topological polar surface area (TPSA) is 36.0 Å². The molecule has 0 N–H and O–H groups in total. The van der Waals surface area contributed by atoms with Gasteiger partial charge < -0.3 is 14.5 Å². The molecule has 1 aliphatic heterocycles. The van der Waals surface area contributed by atoms with Crippen molar-refractivity contribution in [3.05, 3.63) is 24.3 Å². The Kier molecular flexibility index (Phi) is 6.29. The first-order valence-corrected chi connectivity index (χ1v) is 8.17. The Balaban J connectivity index is 2.31. The third-order valence-electron chi connectivity index (χ3n) is 4.29. The maximum Gasteiger partial charge on any atom is 0.471 e. The lowest BCUT2D eigenvalue weighted by atomic mass is 10.1. The van der Waals surface area contributed by atoms with Gasteiger partial charge in [0.15, 0.2) is 0 Å². The van der Waals surface area contributed by atoms with Crippen LogP contribution in [-0.4, -0.2) is 70.0 Å². The molecule has 1 amide bonds. The van der Waals surface area contributed by atoms with Crippen LogP contribution < -0.4 is 9.80 Å². The van der Waals surface area contributed by atoms with E-state index in [0.717, 1.165) is 36.8 Å². The summed E-state index contributed by atoms with van der Waals surface area (Å²) in [5, 5.41) is 0. The van der Waals surface area contributed by atoms with Crippen LogP contribution in [0.25, 0.3) is 0 Å². The van der Waals surface area contributed by atoms with E-state index in [9.17, 15) is 18.0 Å². The minimum Gasteiger partial charge on any atom is -0.383 e. The Bertz CT molecular complexity index is 587. The number of nitrogens with zero attached hydrogens (tertiary/aromatic N) is 3. The number of ether oxygens (including phenoxy) is 1. The largest absolute Gasteiger partial charge is 0.471 e. The summed E-state index contributed by atoms with van der Waals surface area (Å²) in [4.78, 5) is 17.0. The molecule has 25 heavy (non-hydrogen) atoms. The van der Waals surface area contributed by atoms with E-state index in [-0.39, 0.29) is 12.3 Å². The minimum atomic E-state index is -4.94. The molecule has 1 heterocycles. The fraction of sp³-hybridized carbons (Fsp3) is 0.588. The number of alkyl halides is 3. The van der Waals surface area contributed by atoms with Crippen LogP contribution >= 0.6 is 0 Å². The van der Waals surface area contributed by atoms with Gasteiger partial charge in [-0.15, -0.1) is 0 Å².